The molecule has 0 N–H and O–H groups in total. The van der Waals surface area contributed by atoms with Crippen LogP contribution in [0.15, 0.2) is 42.5 Å². The second-order valence-corrected chi connectivity index (χ2v) is 8.36. The van der Waals surface area contributed by atoms with E-state index in [1.165, 1.54) is 21.7 Å². The van der Waals surface area contributed by atoms with E-state index in [9.17, 15) is 14.0 Å². The van der Waals surface area contributed by atoms with Crippen molar-refractivity contribution in [2.75, 3.05) is 24.7 Å². The Bertz CT molecular complexity index is 1060. The van der Waals surface area contributed by atoms with Crippen LogP contribution in [0.1, 0.15) is 34.1 Å². The minimum atomic E-state index is -0.630. The average Bonchev–Trinajstić information content (AvgIpc) is 3.24. The van der Waals surface area contributed by atoms with Crippen LogP contribution in [0.5, 0.6) is 0 Å². The average molecular weight is 395 g/mol. The lowest BCUT2D eigenvalue weighted by molar-refractivity contribution is -0.114. The third-order valence-corrected chi connectivity index (χ3v) is 6.64. The summed E-state index contributed by atoms with van der Waals surface area (Å²) >= 11 is 1.73. The van der Waals surface area contributed by atoms with Gasteiger partial charge in [0.2, 0.25) is 0 Å². The molecule has 0 radical (unpaired) electrons. The van der Waals surface area contributed by atoms with Crippen molar-refractivity contribution in [3.8, 4) is 0 Å². The Morgan fingerprint density at radius 1 is 1.18 bits per heavy atom. The topological polar surface area (TPSA) is 53.5 Å². The van der Waals surface area contributed by atoms with Gasteiger partial charge in [-0.05, 0) is 49.7 Å². The van der Waals surface area contributed by atoms with Gasteiger partial charge in [-0.2, -0.15) is 0 Å². The Hall–Kier alpha value is -2.64. The number of thiazole rings is 1. The molecule has 2 aliphatic rings. The number of anilines is 1. The van der Waals surface area contributed by atoms with E-state index in [1.807, 2.05) is 18.2 Å². The van der Waals surface area contributed by atoms with Crippen LogP contribution in [0.2, 0.25) is 0 Å². The summed E-state index contributed by atoms with van der Waals surface area (Å²) in [5.41, 5.74) is 1.68. The van der Waals surface area contributed by atoms with Crippen LogP contribution in [-0.4, -0.2) is 41.3 Å². The molecule has 1 atom stereocenters. The molecule has 28 heavy (non-hydrogen) atoms. The molecular weight excluding hydrogens is 377 g/mol. The maximum atomic E-state index is 13.5. The molecule has 1 saturated heterocycles. The number of aromatic nitrogens is 1. The number of hydrogen-bond acceptors (Lipinski definition) is 5. The Morgan fingerprint density at radius 2 is 2.04 bits per heavy atom. The van der Waals surface area contributed by atoms with Crippen LogP contribution >= 0.6 is 11.3 Å². The number of piperidine rings is 1. The summed E-state index contributed by atoms with van der Waals surface area (Å²) in [5.74, 6) is -1.40. The molecular formula is C21H18FN3O2S. The number of likely N-dealkylation sites (tertiary alicyclic amines) is 1. The predicted molar refractivity (Wildman–Crippen MR) is 106 cm³/mol. The lowest BCUT2D eigenvalue weighted by Gasteiger charge is -2.34. The van der Waals surface area contributed by atoms with E-state index in [2.05, 4.69) is 11.0 Å². The van der Waals surface area contributed by atoms with Crippen molar-refractivity contribution >= 4 is 38.9 Å². The van der Waals surface area contributed by atoms with Gasteiger partial charge in [-0.25, -0.2) is 9.37 Å². The first-order chi connectivity index (χ1) is 13.6. The van der Waals surface area contributed by atoms with E-state index < -0.39 is 17.5 Å². The van der Waals surface area contributed by atoms with Gasteiger partial charge >= 0.3 is 5.91 Å². The van der Waals surface area contributed by atoms with Crippen LogP contribution in [0.4, 0.5) is 10.1 Å². The molecule has 0 saturated carbocycles. The summed E-state index contributed by atoms with van der Waals surface area (Å²) in [7, 11) is 0. The number of rotatable bonds is 3. The van der Waals surface area contributed by atoms with E-state index in [4.69, 9.17) is 4.98 Å². The highest BCUT2D eigenvalue weighted by Gasteiger charge is 2.37. The molecule has 3 aromatic rings. The largest absolute Gasteiger partial charge is 0.300 e. The van der Waals surface area contributed by atoms with E-state index in [-0.39, 0.29) is 5.56 Å². The molecule has 2 aliphatic heterocycles. The van der Waals surface area contributed by atoms with Gasteiger partial charge in [0.15, 0.2) is 0 Å². The number of benzene rings is 2. The number of carbonyl (C=O) groups excluding carboxylic acids is 2. The smallest absolute Gasteiger partial charge is 0.291 e. The predicted octanol–water partition coefficient (Wildman–Crippen LogP) is 3.80. The van der Waals surface area contributed by atoms with E-state index in [0.717, 1.165) is 42.5 Å². The minimum Gasteiger partial charge on any atom is -0.291 e. The zero-order valence-electron chi connectivity index (χ0n) is 15.1. The molecule has 0 aliphatic carbocycles. The molecule has 142 valence electrons. The van der Waals surface area contributed by atoms with Crippen molar-refractivity contribution in [2.24, 2.45) is 0 Å². The van der Waals surface area contributed by atoms with Gasteiger partial charge in [-0.1, -0.05) is 12.1 Å². The number of nitrogens with zero attached hydrogens (tertiary/aromatic N) is 3. The van der Waals surface area contributed by atoms with Crippen LogP contribution in [0.25, 0.3) is 10.2 Å². The number of carbonyl (C=O) groups is 2. The number of para-hydroxylation sites is 1. The maximum absolute atomic E-state index is 13.5. The first-order valence-electron chi connectivity index (χ1n) is 9.34. The third-order valence-electron chi connectivity index (χ3n) is 5.44. The highest BCUT2D eigenvalue weighted by Crippen LogP contribution is 2.34. The normalized spacial score (nSPS) is 20.2. The molecule has 1 amide bonds. The van der Waals surface area contributed by atoms with E-state index in [0.29, 0.717) is 18.3 Å². The van der Waals surface area contributed by atoms with E-state index >= 15 is 0 Å². The lowest BCUT2D eigenvalue weighted by Crippen LogP contribution is -2.44. The SMILES string of the molecule is O=C1C(=O)N(CN2CCC[C@H](c3nc4ccccc4s3)C2)c2ccc(F)cc21. The summed E-state index contributed by atoms with van der Waals surface area (Å²) in [4.78, 5) is 33.1. The van der Waals surface area contributed by atoms with Crippen molar-refractivity contribution in [3.05, 3.63) is 58.9 Å². The zero-order valence-corrected chi connectivity index (χ0v) is 15.9. The first-order valence-corrected chi connectivity index (χ1v) is 10.2. The standard InChI is InChI=1S/C21H18FN3O2S/c22-14-7-8-17-15(10-14)19(26)21(27)25(17)12-24-9-3-4-13(11-24)20-23-16-5-1-2-6-18(16)28-20/h1-2,5-8,10,13H,3-4,9,11-12H2/t13-/m0/s1. The molecule has 5 nitrogen and oxygen atoms in total. The van der Waals surface area contributed by atoms with Gasteiger partial charge in [0.1, 0.15) is 5.82 Å². The fourth-order valence-corrected chi connectivity index (χ4v) is 5.16. The number of amides is 1. The number of ketones is 1. The van der Waals surface area contributed by atoms with Gasteiger partial charge in [0, 0.05) is 12.5 Å². The van der Waals surface area contributed by atoms with Crippen LogP contribution in [0.3, 0.4) is 0 Å². The Labute approximate surface area is 165 Å². The van der Waals surface area contributed by atoms with Gasteiger partial charge < -0.3 is 0 Å². The molecule has 1 aromatic heterocycles. The molecule has 5 rings (SSSR count). The van der Waals surface area contributed by atoms with Crippen molar-refractivity contribution in [3.63, 3.8) is 0 Å². The fourth-order valence-electron chi connectivity index (χ4n) is 4.06. The quantitative estimate of drug-likeness (QED) is 0.633. The van der Waals surface area contributed by atoms with Crippen LogP contribution in [-0.2, 0) is 4.79 Å². The molecule has 3 heterocycles. The molecule has 0 bridgehead atoms. The fraction of sp³-hybridized carbons (Fsp3) is 0.286. The lowest BCUT2D eigenvalue weighted by atomic mass is 9.99. The molecule has 2 aromatic carbocycles. The van der Waals surface area contributed by atoms with Crippen molar-refractivity contribution < 1.29 is 14.0 Å². The zero-order chi connectivity index (χ0) is 19.3. The molecule has 0 spiro atoms. The highest BCUT2D eigenvalue weighted by atomic mass is 32.1. The monoisotopic (exact) mass is 395 g/mol. The van der Waals surface area contributed by atoms with Crippen LogP contribution < -0.4 is 4.90 Å². The van der Waals surface area contributed by atoms with Gasteiger partial charge in [0.25, 0.3) is 5.78 Å². The third kappa shape index (κ3) is 2.91. The Kier molecular flexibility index (Phi) is 4.21. The summed E-state index contributed by atoms with van der Waals surface area (Å²) in [5, 5.41) is 1.12. The minimum absolute atomic E-state index is 0.157. The van der Waals surface area contributed by atoms with E-state index in [1.54, 1.807) is 11.3 Å². The second-order valence-electron chi connectivity index (χ2n) is 7.30. The van der Waals surface area contributed by atoms with Crippen LogP contribution in [0, 0.1) is 5.82 Å². The number of fused-ring (bicyclic) bond motifs is 2. The summed E-state index contributed by atoms with van der Waals surface area (Å²) in [6.07, 6.45) is 2.07. The van der Waals surface area contributed by atoms with Gasteiger partial charge in [-0.15, -0.1) is 11.3 Å². The summed E-state index contributed by atoms with van der Waals surface area (Å²) < 4.78 is 14.7. The Balaban J connectivity index is 1.36. The summed E-state index contributed by atoms with van der Waals surface area (Å²) in [6.45, 7) is 1.98. The maximum Gasteiger partial charge on any atom is 0.300 e. The number of halogens is 1. The second kappa shape index (κ2) is 6.76. The Morgan fingerprint density at radius 3 is 2.89 bits per heavy atom. The van der Waals surface area contributed by atoms with Gasteiger partial charge in [-0.3, -0.25) is 19.4 Å². The van der Waals surface area contributed by atoms with Crippen molar-refractivity contribution in [2.45, 2.75) is 18.8 Å². The molecule has 0 unspecified atom stereocenters. The van der Waals surface area contributed by atoms with Crippen molar-refractivity contribution in [1.29, 1.82) is 0 Å². The number of hydrogen-bond donors (Lipinski definition) is 0. The highest BCUT2D eigenvalue weighted by molar-refractivity contribution is 7.18. The summed E-state index contributed by atoms with van der Waals surface area (Å²) in [6, 6.07) is 12.1. The molecule has 1 fully saturated rings. The van der Waals surface area contributed by atoms with Gasteiger partial charge in [0.05, 0.1) is 33.1 Å². The first kappa shape index (κ1) is 17.5. The molecule has 7 heteroatoms. The number of Topliss-reactive ketones (excluding diaryl/α,β-unsaturated/α-hetero) is 1. The van der Waals surface area contributed by atoms with Crippen molar-refractivity contribution in [1.82, 2.24) is 9.88 Å².